The average Bonchev–Trinajstić information content (AvgIpc) is 2.75. The van der Waals surface area contributed by atoms with Crippen LogP contribution in [0.2, 0.25) is 5.02 Å². The quantitative estimate of drug-likeness (QED) is 0.609. The minimum absolute atomic E-state index is 0. The molecule has 1 N–H and O–H groups in total. The minimum atomic E-state index is -0.139. The number of rotatable bonds is 5. The average molecular weight is 447 g/mol. The molecule has 2 aliphatic rings. The van der Waals surface area contributed by atoms with Crippen LogP contribution in [0, 0.1) is 5.92 Å². The number of carbonyl (C=O) groups excluding carboxylic acids is 2. The fourth-order valence-corrected chi connectivity index (χ4v) is 4.99. The standard InChI is InChI=1S/C24H27ClN2O2.ClH/c25-19-11-12-21(20(16-19)24(29)17-7-2-1-3-8-17)26-23(28)15-18-9-6-14-27-13-5-4-10-22(18)27;/h1-3,7-8,11-12,16,18,22H,4-6,9-10,13-15H2,(H,26,28);1H/t18-,22+;/m0./s1. The normalized spacial score (nSPS) is 21.2. The van der Waals surface area contributed by atoms with E-state index in [0.29, 0.717) is 40.2 Å². The molecule has 160 valence electrons. The Hall–Kier alpha value is -1.88. The fourth-order valence-electron chi connectivity index (χ4n) is 4.81. The third-order valence-electron chi connectivity index (χ3n) is 6.21. The summed E-state index contributed by atoms with van der Waals surface area (Å²) in [6.07, 6.45) is 6.48. The molecule has 2 heterocycles. The van der Waals surface area contributed by atoms with Crippen LogP contribution in [0.25, 0.3) is 0 Å². The SMILES string of the molecule is Cl.O=C(C[C@@H]1CCCN2CCCC[C@H]12)Nc1ccc(Cl)cc1C(=O)c1ccccc1. The first-order valence-corrected chi connectivity index (χ1v) is 10.9. The van der Waals surface area contributed by atoms with Crippen molar-refractivity contribution in [3.63, 3.8) is 0 Å². The van der Waals surface area contributed by atoms with Crippen molar-refractivity contribution >= 4 is 41.4 Å². The summed E-state index contributed by atoms with van der Waals surface area (Å²) in [7, 11) is 0. The number of amides is 1. The molecule has 4 nitrogen and oxygen atoms in total. The molecular formula is C24H28Cl2N2O2. The van der Waals surface area contributed by atoms with Crippen LogP contribution in [-0.2, 0) is 4.79 Å². The molecule has 1 amide bonds. The predicted molar refractivity (Wildman–Crippen MR) is 124 cm³/mol. The van der Waals surface area contributed by atoms with E-state index in [2.05, 4.69) is 10.2 Å². The highest BCUT2D eigenvalue weighted by Crippen LogP contribution is 2.33. The molecule has 0 saturated carbocycles. The lowest BCUT2D eigenvalue weighted by Crippen LogP contribution is -2.48. The Bertz CT molecular complexity index is 886. The van der Waals surface area contributed by atoms with Gasteiger partial charge >= 0.3 is 0 Å². The molecule has 2 fully saturated rings. The second kappa shape index (κ2) is 10.4. The lowest BCUT2D eigenvalue weighted by atomic mass is 9.81. The number of hydrogen-bond acceptors (Lipinski definition) is 3. The highest BCUT2D eigenvalue weighted by molar-refractivity contribution is 6.31. The monoisotopic (exact) mass is 446 g/mol. The van der Waals surface area contributed by atoms with E-state index in [0.717, 1.165) is 25.9 Å². The van der Waals surface area contributed by atoms with E-state index in [1.165, 1.54) is 19.3 Å². The van der Waals surface area contributed by atoms with Crippen molar-refractivity contribution in [2.45, 2.75) is 44.6 Å². The Labute approximate surface area is 189 Å². The van der Waals surface area contributed by atoms with Gasteiger partial charge in [-0.2, -0.15) is 0 Å². The molecule has 2 saturated heterocycles. The molecule has 0 radical (unpaired) electrons. The first-order valence-electron chi connectivity index (χ1n) is 10.5. The van der Waals surface area contributed by atoms with Crippen LogP contribution in [0.4, 0.5) is 5.69 Å². The van der Waals surface area contributed by atoms with E-state index < -0.39 is 0 Å². The first kappa shape index (κ1) is 22.8. The molecule has 0 unspecified atom stereocenters. The molecule has 6 heteroatoms. The maximum Gasteiger partial charge on any atom is 0.224 e. The summed E-state index contributed by atoms with van der Waals surface area (Å²) in [6.45, 7) is 2.32. The molecule has 0 spiro atoms. The van der Waals surface area contributed by atoms with Gasteiger partial charge in [-0.15, -0.1) is 12.4 Å². The van der Waals surface area contributed by atoms with E-state index in [9.17, 15) is 9.59 Å². The Morgan fingerprint density at radius 2 is 1.77 bits per heavy atom. The number of piperidine rings is 2. The smallest absolute Gasteiger partial charge is 0.224 e. The van der Waals surface area contributed by atoms with Crippen molar-refractivity contribution in [2.75, 3.05) is 18.4 Å². The lowest BCUT2D eigenvalue weighted by molar-refractivity contribution is -0.118. The molecule has 2 atom stereocenters. The molecule has 30 heavy (non-hydrogen) atoms. The molecule has 4 rings (SSSR count). The van der Waals surface area contributed by atoms with Crippen LogP contribution in [-0.4, -0.2) is 35.7 Å². The van der Waals surface area contributed by atoms with Crippen LogP contribution in [0.5, 0.6) is 0 Å². The van der Waals surface area contributed by atoms with E-state index >= 15 is 0 Å². The van der Waals surface area contributed by atoms with Crippen LogP contribution in [0.1, 0.15) is 54.4 Å². The largest absolute Gasteiger partial charge is 0.325 e. The van der Waals surface area contributed by atoms with Gasteiger partial charge in [0, 0.05) is 28.6 Å². The molecule has 0 aromatic heterocycles. The third-order valence-corrected chi connectivity index (χ3v) is 6.45. The lowest BCUT2D eigenvalue weighted by Gasteiger charge is -2.44. The molecule has 0 aliphatic carbocycles. The van der Waals surface area contributed by atoms with Crippen LogP contribution < -0.4 is 5.32 Å². The number of halogens is 2. The first-order chi connectivity index (χ1) is 14.1. The van der Waals surface area contributed by atoms with Gasteiger partial charge in [0.05, 0.1) is 5.69 Å². The summed E-state index contributed by atoms with van der Waals surface area (Å²) in [5.74, 6) is 0.232. The van der Waals surface area contributed by atoms with E-state index in [1.807, 2.05) is 18.2 Å². The number of ketones is 1. The number of anilines is 1. The maximum atomic E-state index is 13.0. The summed E-state index contributed by atoms with van der Waals surface area (Å²) >= 11 is 6.15. The van der Waals surface area contributed by atoms with Gasteiger partial charge in [-0.1, -0.05) is 48.4 Å². The number of nitrogens with zero attached hydrogens (tertiary/aromatic N) is 1. The van der Waals surface area contributed by atoms with Crippen molar-refractivity contribution in [1.29, 1.82) is 0 Å². The van der Waals surface area contributed by atoms with Gasteiger partial charge in [-0.05, 0) is 62.9 Å². The summed E-state index contributed by atoms with van der Waals surface area (Å²) in [4.78, 5) is 28.4. The highest BCUT2D eigenvalue weighted by atomic mass is 35.5. The molecular weight excluding hydrogens is 419 g/mol. The highest BCUT2D eigenvalue weighted by Gasteiger charge is 2.34. The zero-order valence-corrected chi connectivity index (χ0v) is 18.6. The molecule has 0 bridgehead atoms. The summed E-state index contributed by atoms with van der Waals surface area (Å²) in [5.41, 5.74) is 1.54. The Balaban J connectivity index is 0.00000256. The molecule has 2 aromatic carbocycles. The van der Waals surface area contributed by atoms with E-state index in [1.54, 1.807) is 30.3 Å². The number of carbonyl (C=O) groups is 2. The van der Waals surface area contributed by atoms with Gasteiger partial charge in [0.25, 0.3) is 0 Å². The topological polar surface area (TPSA) is 49.4 Å². The number of benzene rings is 2. The fraction of sp³-hybridized carbons (Fsp3) is 0.417. The van der Waals surface area contributed by atoms with Crippen LogP contribution in [0.15, 0.2) is 48.5 Å². The van der Waals surface area contributed by atoms with E-state index in [4.69, 9.17) is 11.6 Å². The number of nitrogens with one attached hydrogen (secondary N) is 1. The minimum Gasteiger partial charge on any atom is -0.325 e. The van der Waals surface area contributed by atoms with E-state index in [-0.39, 0.29) is 24.1 Å². The Morgan fingerprint density at radius 3 is 2.57 bits per heavy atom. The van der Waals surface area contributed by atoms with Gasteiger partial charge < -0.3 is 10.2 Å². The van der Waals surface area contributed by atoms with Gasteiger partial charge in [0.1, 0.15) is 0 Å². The van der Waals surface area contributed by atoms with Gasteiger partial charge in [0.15, 0.2) is 5.78 Å². The number of fused-ring (bicyclic) bond motifs is 1. The summed E-state index contributed by atoms with van der Waals surface area (Å²) < 4.78 is 0. The Kier molecular flexibility index (Phi) is 7.93. The van der Waals surface area contributed by atoms with Crippen molar-refractivity contribution in [2.24, 2.45) is 5.92 Å². The van der Waals surface area contributed by atoms with Crippen molar-refractivity contribution in [3.8, 4) is 0 Å². The second-order valence-electron chi connectivity index (χ2n) is 8.14. The van der Waals surface area contributed by atoms with Crippen LogP contribution >= 0.6 is 24.0 Å². The Morgan fingerprint density at radius 1 is 1.00 bits per heavy atom. The van der Waals surface area contributed by atoms with Crippen molar-refractivity contribution in [1.82, 2.24) is 4.90 Å². The predicted octanol–water partition coefficient (Wildman–Crippen LogP) is 5.59. The molecule has 2 aromatic rings. The van der Waals surface area contributed by atoms with Gasteiger partial charge in [-0.3, -0.25) is 9.59 Å². The zero-order valence-electron chi connectivity index (χ0n) is 17.0. The maximum absolute atomic E-state index is 13.0. The summed E-state index contributed by atoms with van der Waals surface area (Å²) in [6, 6.07) is 14.7. The number of hydrogen-bond donors (Lipinski definition) is 1. The zero-order chi connectivity index (χ0) is 20.2. The van der Waals surface area contributed by atoms with Crippen molar-refractivity contribution < 1.29 is 9.59 Å². The second-order valence-corrected chi connectivity index (χ2v) is 8.58. The van der Waals surface area contributed by atoms with Crippen LogP contribution in [0.3, 0.4) is 0 Å². The van der Waals surface area contributed by atoms with Crippen molar-refractivity contribution in [3.05, 3.63) is 64.7 Å². The molecule has 2 aliphatic heterocycles. The van der Waals surface area contributed by atoms with Gasteiger partial charge in [0.2, 0.25) is 5.91 Å². The van der Waals surface area contributed by atoms with Gasteiger partial charge in [-0.25, -0.2) is 0 Å². The summed E-state index contributed by atoms with van der Waals surface area (Å²) in [5, 5.41) is 3.47. The third kappa shape index (κ3) is 5.23.